The van der Waals surface area contributed by atoms with Crippen molar-refractivity contribution in [2.75, 3.05) is 5.32 Å². The van der Waals surface area contributed by atoms with Gasteiger partial charge in [-0.05, 0) is 30.0 Å². The predicted molar refractivity (Wildman–Crippen MR) is 98.3 cm³/mol. The summed E-state index contributed by atoms with van der Waals surface area (Å²) in [6.45, 7) is 0.868. The number of nitrogens with one attached hydrogen (secondary N) is 1. The molecule has 27 heavy (non-hydrogen) atoms. The quantitative estimate of drug-likeness (QED) is 0.479. The number of benzene rings is 1. The van der Waals surface area contributed by atoms with Crippen molar-refractivity contribution < 1.29 is 14.6 Å². The second-order valence-electron chi connectivity index (χ2n) is 5.47. The SMILES string of the molecule is Cc1c([N+](=O)[O-])c([N+](=O)[O-])nn1CC(=O)Nc1ccc(Br)c2cccnc12. The summed E-state index contributed by atoms with van der Waals surface area (Å²) in [6.07, 6.45) is 1.58. The fourth-order valence-electron chi connectivity index (χ4n) is 2.58. The fraction of sp³-hybridized carbons (Fsp3) is 0.133. The van der Waals surface area contributed by atoms with Crippen LogP contribution in [0.2, 0.25) is 0 Å². The minimum absolute atomic E-state index is 0.0827. The van der Waals surface area contributed by atoms with E-state index in [-0.39, 0.29) is 5.69 Å². The van der Waals surface area contributed by atoms with Gasteiger partial charge < -0.3 is 15.4 Å². The summed E-state index contributed by atoms with van der Waals surface area (Å²) in [5.74, 6) is -1.46. The minimum Gasteiger partial charge on any atom is -0.358 e. The molecule has 2 aromatic heterocycles. The van der Waals surface area contributed by atoms with Gasteiger partial charge in [-0.1, -0.05) is 22.0 Å². The van der Waals surface area contributed by atoms with Crippen molar-refractivity contribution >= 4 is 49.9 Å². The lowest BCUT2D eigenvalue weighted by Crippen LogP contribution is -2.20. The molecule has 12 heteroatoms. The van der Waals surface area contributed by atoms with Crippen molar-refractivity contribution in [2.24, 2.45) is 0 Å². The number of rotatable bonds is 5. The van der Waals surface area contributed by atoms with E-state index in [4.69, 9.17) is 0 Å². The molecule has 0 aliphatic carbocycles. The van der Waals surface area contributed by atoms with Gasteiger partial charge in [-0.2, -0.15) is 4.68 Å². The second-order valence-corrected chi connectivity index (χ2v) is 6.33. The highest BCUT2D eigenvalue weighted by Gasteiger charge is 2.35. The van der Waals surface area contributed by atoms with Crippen molar-refractivity contribution in [1.82, 2.24) is 14.8 Å². The molecule has 0 radical (unpaired) electrons. The normalized spacial score (nSPS) is 10.7. The third kappa shape index (κ3) is 3.46. The third-order valence-corrected chi connectivity index (χ3v) is 4.49. The molecular weight excluding hydrogens is 424 g/mol. The molecule has 1 aromatic carbocycles. The highest BCUT2D eigenvalue weighted by molar-refractivity contribution is 9.10. The van der Waals surface area contributed by atoms with Crippen molar-refractivity contribution in [3.8, 4) is 0 Å². The molecule has 3 rings (SSSR count). The van der Waals surface area contributed by atoms with E-state index < -0.39 is 33.8 Å². The van der Waals surface area contributed by atoms with Crippen LogP contribution in [0, 0.1) is 27.2 Å². The van der Waals surface area contributed by atoms with E-state index in [1.165, 1.54) is 6.92 Å². The van der Waals surface area contributed by atoms with Gasteiger partial charge in [0, 0.05) is 16.1 Å². The second kappa shape index (κ2) is 7.07. The Balaban J connectivity index is 1.90. The monoisotopic (exact) mass is 434 g/mol. The van der Waals surface area contributed by atoms with E-state index >= 15 is 0 Å². The molecule has 2 heterocycles. The van der Waals surface area contributed by atoms with Crippen molar-refractivity contribution in [3.63, 3.8) is 0 Å². The van der Waals surface area contributed by atoms with Crippen LogP contribution in [0.15, 0.2) is 34.9 Å². The van der Waals surface area contributed by atoms with Crippen LogP contribution in [-0.2, 0) is 11.3 Å². The molecule has 0 atom stereocenters. The molecule has 0 saturated heterocycles. The van der Waals surface area contributed by atoms with Gasteiger partial charge >= 0.3 is 11.5 Å². The first-order chi connectivity index (χ1) is 12.8. The number of nitro groups is 2. The van der Waals surface area contributed by atoms with E-state index in [1.54, 1.807) is 24.4 Å². The molecule has 1 N–H and O–H groups in total. The molecule has 0 fully saturated rings. The van der Waals surface area contributed by atoms with Gasteiger partial charge in [0.25, 0.3) is 0 Å². The lowest BCUT2D eigenvalue weighted by atomic mass is 10.2. The largest absolute Gasteiger partial charge is 0.468 e. The molecule has 0 aliphatic heterocycles. The van der Waals surface area contributed by atoms with Crippen molar-refractivity contribution in [3.05, 3.63) is 60.9 Å². The number of aromatic nitrogens is 3. The Hall–Kier alpha value is -3.41. The number of anilines is 1. The number of nitrogens with zero attached hydrogens (tertiary/aromatic N) is 5. The summed E-state index contributed by atoms with van der Waals surface area (Å²) in [7, 11) is 0. The average Bonchev–Trinajstić information content (AvgIpc) is 2.94. The van der Waals surface area contributed by atoms with Gasteiger partial charge in [0.15, 0.2) is 0 Å². The zero-order valence-electron chi connectivity index (χ0n) is 13.7. The Bertz CT molecular complexity index is 1100. The summed E-state index contributed by atoms with van der Waals surface area (Å²) in [5, 5.41) is 29.0. The Morgan fingerprint density at radius 3 is 2.63 bits per heavy atom. The number of pyridine rings is 1. The van der Waals surface area contributed by atoms with E-state index in [9.17, 15) is 25.0 Å². The molecule has 138 valence electrons. The summed E-state index contributed by atoms with van der Waals surface area (Å²) < 4.78 is 1.73. The fourth-order valence-corrected chi connectivity index (χ4v) is 3.03. The van der Waals surface area contributed by atoms with Crippen LogP contribution < -0.4 is 5.32 Å². The van der Waals surface area contributed by atoms with E-state index in [0.29, 0.717) is 11.2 Å². The Morgan fingerprint density at radius 1 is 1.26 bits per heavy atom. The first kappa shape index (κ1) is 18.4. The van der Waals surface area contributed by atoms with Crippen LogP contribution in [0.3, 0.4) is 0 Å². The molecule has 1 amide bonds. The summed E-state index contributed by atoms with van der Waals surface area (Å²) in [4.78, 5) is 36.8. The van der Waals surface area contributed by atoms with Gasteiger partial charge in [0.1, 0.15) is 12.2 Å². The highest BCUT2D eigenvalue weighted by atomic mass is 79.9. The maximum atomic E-state index is 12.4. The first-order valence-electron chi connectivity index (χ1n) is 7.49. The van der Waals surface area contributed by atoms with Gasteiger partial charge in [0.2, 0.25) is 5.91 Å². The van der Waals surface area contributed by atoms with Crippen LogP contribution in [0.25, 0.3) is 10.9 Å². The number of hydrogen-bond donors (Lipinski definition) is 1. The summed E-state index contributed by atoms with van der Waals surface area (Å²) in [6, 6.07) is 6.98. The Labute approximate surface area is 159 Å². The van der Waals surface area contributed by atoms with Gasteiger partial charge in [0.05, 0.1) is 21.2 Å². The van der Waals surface area contributed by atoms with Crippen LogP contribution in [0.1, 0.15) is 5.69 Å². The highest BCUT2D eigenvalue weighted by Crippen LogP contribution is 2.30. The lowest BCUT2D eigenvalue weighted by molar-refractivity contribution is -0.424. The summed E-state index contributed by atoms with van der Waals surface area (Å²) >= 11 is 3.40. The minimum atomic E-state index is -0.953. The molecule has 0 saturated carbocycles. The van der Waals surface area contributed by atoms with Crippen molar-refractivity contribution in [2.45, 2.75) is 13.5 Å². The number of hydrogen-bond acceptors (Lipinski definition) is 7. The van der Waals surface area contributed by atoms with Crippen LogP contribution in [0.4, 0.5) is 17.2 Å². The molecule has 0 unspecified atom stereocenters. The number of fused-ring (bicyclic) bond motifs is 1. The van der Waals surface area contributed by atoms with E-state index in [1.807, 2.05) is 6.07 Å². The van der Waals surface area contributed by atoms with Gasteiger partial charge in [-0.25, -0.2) is 0 Å². The summed E-state index contributed by atoms with van der Waals surface area (Å²) in [5.41, 5.74) is 0.172. The maximum Gasteiger partial charge on any atom is 0.468 e. The van der Waals surface area contributed by atoms with Gasteiger partial charge in [-0.3, -0.25) is 19.9 Å². The van der Waals surface area contributed by atoms with Crippen LogP contribution >= 0.6 is 15.9 Å². The first-order valence-corrected chi connectivity index (χ1v) is 8.28. The molecular formula is C15H11BrN6O5. The van der Waals surface area contributed by atoms with E-state index in [2.05, 4.69) is 31.3 Å². The number of halogens is 1. The topological polar surface area (TPSA) is 146 Å². The molecule has 0 bridgehead atoms. The average molecular weight is 435 g/mol. The maximum absolute atomic E-state index is 12.4. The smallest absolute Gasteiger partial charge is 0.358 e. The van der Waals surface area contributed by atoms with Crippen LogP contribution in [-0.4, -0.2) is 30.5 Å². The zero-order valence-corrected chi connectivity index (χ0v) is 15.3. The predicted octanol–water partition coefficient (Wildman–Crippen LogP) is 2.96. The van der Waals surface area contributed by atoms with Crippen LogP contribution in [0.5, 0.6) is 0 Å². The molecule has 11 nitrogen and oxygen atoms in total. The van der Waals surface area contributed by atoms with E-state index in [0.717, 1.165) is 14.5 Å². The van der Waals surface area contributed by atoms with Gasteiger partial charge in [-0.15, -0.1) is 0 Å². The molecule has 0 spiro atoms. The molecule has 0 aliphatic rings. The number of carbonyl (C=O) groups excluding carboxylic acids is 1. The number of amides is 1. The lowest BCUT2D eigenvalue weighted by Gasteiger charge is -2.08. The standard InChI is InChI=1S/C15H11BrN6O5/c1-8-14(21(24)25)15(22(26)27)19-20(8)7-12(23)18-11-5-4-10(16)9-3-2-6-17-13(9)11/h2-6H,7H2,1H3,(H,18,23). The van der Waals surface area contributed by atoms with Crippen molar-refractivity contribution in [1.29, 1.82) is 0 Å². The third-order valence-electron chi connectivity index (χ3n) is 3.80. The Kier molecular flexibility index (Phi) is 4.81. The zero-order chi connectivity index (χ0) is 19.7. The molecule has 3 aromatic rings. The number of carbonyl (C=O) groups is 1. The Morgan fingerprint density at radius 2 is 2.00 bits per heavy atom.